The molecule has 0 spiro atoms. The third kappa shape index (κ3) is 4.21. The Morgan fingerprint density at radius 3 is 2.44 bits per heavy atom. The normalized spacial score (nSPS) is 11.4. The second-order valence-electron chi connectivity index (χ2n) is 6.91. The lowest BCUT2D eigenvalue weighted by Crippen LogP contribution is -2.05. The van der Waals surface area contributed by atoms with Crippen molar-refractivity contribution in [3.8, 4) is 17.2 Å². The zero-order chi connectivity index (χ0) is 22.5. The second-order valence-corrected chi connectivity index (χ2v) is 6.91. The van der Waals surface area contributed by atoms with E-state index < -0.39 is 0 Å². The summed E-state index contributed by atoms with van der Waals surface area (Å²) in [4.78, 5) is 18.2. The molecule has 0 aliphatic carbocycles. The zero-order valence-electron chi connectivity index (χ0n) is 18.1. The van der Waals surface area contributed by atoms with Crippen molar-refractivity contribution in [1.82, 2.24) is 4.98 Å². The lowest BCUT2D eigenvalue weighted by Gasteiger charge is -2.11. The second kappa shape index (κ2) is 9.39. The fourth-order valence-electron chi connectivity index (χ4n) is 3.39. The molecule has 0 fully saturated rings. The largest absolute Gasteiger partial charge is 0.493 e. The van der Waals surface area contributed by atoms with Gasteiger partial charge in [0.25, 0.3) is 0 Å². The fourth-order valence-corrected chi connectivity index (χ4v) is 3.39. The molecule has 6 nitrogen and oxygen atoms in total. The Labute approximate surface area is 186 Å². The Morgan fingerprint density at radius 2 is 1.69 bits per heavy atom. The molecule has 0 aliphatic heterocycles. The first-order valence-electron chi connectivity index (χ1n) is 10.2. The number of para-hydroxylation sites is 3. The zero-order valence-corrected chi connectivity index (χ0v) is 18.1. The summed E-state index contributed by atoms with van der Waals surface area (Å²) in [5.41, 5.74) is 2.75. The van der Waals surface area contributed by atoms with Crippen LogP contribution in [0.1, 0.15) is 28.7 Å². The minimum absolute atomic E-state index is 0.234. The van der Waals surface area contributed by atoms with Crippen LogP contribution in [-0.2, 0) is 0 Å². The van der Waals surface area contributed by atoms with Crippen LogP contribution in [0.25, 0.3) is 22.7 Å². The number of nitrogens with zero attached hydrogens (tertiary/aromatic N) is 1. The van der Waals surface area contributed by atoms with E-state index in [0.29, 0.717) is 46.1 Å². The van der Waals surface area contributed by atoms with Crippen molar-refractivity contribution >= 4 is 28.5 Å². The maximum absolute atomic E-state index is 13.7. The number of oxazole rings is 1. The minimum atomic E-state index is -0.260. The van der Waals surface area contributed by atoms with Crippen LogP contribution in [0.15, 0.2) is 71.1 Å². The number of Topliss-reactive ketones (excluding diaryl/α,β-unsaturated/α-hetero) is 1. The highest BCUT2D eigenvalue weighted by atomic mass is 16.5. The lowest BCUT2D eigenvalue weighted by molar-refractivity contribution is 0.105. The van der Waals surface area contributed by atoms with Crippen molar-refractivity contribution in [2.24, 2.45) is 0 Å². The highest BCUT2D eigenvalue weighted by molar-refractivity contribution is 6.31. The molecule has 0 bridgehead atoms. The van der Waals surface area contributed by atoms with Crippen molar-refractivity contribution in [2.75, 3.05) is 20.8 Å². The van der Waals surface area contributed by atoms with Gasteiger partial charge in [-0.05, 0) is 49.4 Å². The third-order valence-corrected chi connectivity index (χ3v) is 4.93. The summed E-state index contributed by atoms with van der Waals surface area (Å²) < 4.78 is 22.4. The number of methoxy groups -OCH3 is 2. The van der Waals surface area contributed by atoms with Gasteiger partial charge in [-0.3, -0.25) is 4.79 Å². The standard InChI is InChI=1S/C26H23NO5/c1-4-31-21-11-7-5-9-17(21)15-19(26-27-20-10-6-8-12-22(20)32-26)25(28)18-13-14-23(29-2)24(16-18)30-3/h5-16H,4H2,1-3H3. The van der Waals surface area contributed by atoms with Crippen LogP contribution in [0.5, 0.6) is 17.2 Å². The van der Waals surface area contributed by atoms with E-state index in [9.17, 15) is 4.79 Å². The molecule has 0 aliphatic rings. The van der Waals surface area contributed by atoms with Gasteiger partial charge in [-0.2, -0.15) is 0 Å². The smallest absolute Gasteiger partial charge is 0.231 e. The van der Waals surface area contributed by atoms with E-state index in [1.54, 1.807) is 31.4 Å². The molecule has 0 amide bonds. The number of benzene rings is 3. The molecule has 32 heavy (non-hydrogen) atoms. The number of hydrogen-bond donors (Lipinski definition) is 0. The first-order chi connectivity index (χ1) is 15.6. The van der Waals surface area contributed by atoms with Gasteiger partial charge in [0.1, 0.15) is 11.3 Å². The third-order valence-electron chi connectivity index (χ3n) is 4.93. The van der Waals surface area contributed by atoms with Crippen LogP contribution in [0.2, 0.25) is 0 Å². The number of rotatable bonds is 8. The molecule has 4 rings (SSSR count). The predicted molar refractivity (Wildman–Crippen MR) is 123 cm³/mol. The summed E-state index contributed by atoms with van der Waals surface area (Å²) in [7, 11) is 3.08. The van der Waals surface area contributed by atoms with E-state index in [1.165, 1.54) is 7.11 Å². The summed E-state index contributed by atoms with van der Waals surface area (Å²) in [6, 6.07) is 19.9. The summed E-state index contributed by atoms with van der Waals surface area (Å²) in [6.07, 6.45) is 1.74. The van der Waals surface area contributed by atoms with E-state index in [-0.39, 0.29) is 11.7 Å². The molecule has 162 valence electrons. The minimum Gasteiger partial charge on any atom is -0.493 e. The number of ether oxygens (including phenoxy) is 3. The molecule has 1 aromatic heterocycles. The lowest BCUT2D eigenvalue weighted by atomic mass is 10.00. The van der Waals surface area contributed by atoms with E-state index in [4.69, 9.17) is 18.6 Å². The topological polar surface area (TPSA) is 70.8 Å². The summed E-state index contributed by atoms with van der Waals surface area (Å²) >= 11 is 0. The molecule has 0 saturated heterocycles. The van der Waals surface area contributed by atoms with E-state index in [2.05, 4.69) is 4.98 Å². The Hall–Kier alpha value is -4.06. The average molecular weight is 429 g/mol. The van der Waals surface area contributed by atoms with Crippen LogP contribution < -0.4 is 14.2 Å². The molecular formula is C26H23NO5. The molecule has 0 unspecified atom stereocenters. The summed E-state index contributed by atoms with van der Waals surface area (Å²) in [5, 5.41) is 0. The Balaban J connectivity index is 1.87. The maximum Gasteiger partial charge on any atom is 0.231 e. The van der Waals surface area contributed by atoms with Gasteiger partial charge in [-0.1, -0.05) is 30.3 Å². The van der Waals surface area contributed by atoms with Crippen molar-refractivity contribution < 1.29 is 23.4 Å². The van der Waals surface area contributed by atoms with Crippen LogP contribution >= 0.6 is 0 Å². The average Bonchev–Trinajstić information content (AvgIpc) is 3.26. The Bertz CT molecular complexity index is 1260. The van der Waals surface area contributed by atoms with Crippen molar-refractivity contribution in [3.05, 3.63) is 83.7 Å². The number of hydrogen-bond acceptors (Lipinski definition) is 6. The molecule has 0 atom stereocenters. The number of fused-ring (bicyclic) bond motifs is 1. The van der Waals surface area contributed by atoms with Gasteiger partial charge >= 0.3 is 0 Å². The number of aromatic nitrogens is 1. The van der Waals surface area contributed by atoms with Crippen LogP contribution in [0, 0.1) is 0 Å². The van der Waals surface area contributed by atoms with Crippen molar-refractivity contribution in [2.45, 2.75) is 6.92 Å². The van der Waals surface area contributed by atoms with Crippen LogP contribution in [-0.4, -0.2) is 31.6 Å². The van der Waals surface area contributed by atoms with Gasteiger partial charge in [0.05, 0.1) is 26.4 Å². The number of carbonyl (C=O) groups excluding carboxylic acids is 1. The molecule has 0 N–H and O–H groups in total. The van der Waals surface area contributed by atoms with E-state index >= 15 is 0 Å². The molecule has 4 aromatic rings. The Kier molecular flexibility index (Phi) is 6.22. The molecule has 6 heteroatoms. The van der Waals surface area contributed by atoms with E-state index in [1.807, 2.05) is 55.5 Å². The van der Waals surface area contributed by atoms with Gasteiger partial charge in [0, 0.05) is 11.1 Å². The molecule has 0 radical (unpaired) electrons. The first-order valence-corrected chi connectivity index (χ1v) is 10.2. The Morgan fingerprint density at radius 1 is 0.938 bits per heavy atom. The van der Waals surface area contributed by atoms with Gasteiger partial charge in [0.2, 0.25) is 5.89 Å². The molecule has 1 heterocycles. The van der Waals surface area contributed by atoms with Gasteiger partial charge < -0.3 is 18.6 Å². The van der Waals surface area contributed by atoms with E-state index in [0.717, 1.165) is 5.56 Å². The number of allylic oxidation sites excluding steroid dienone is 1. The maximum atomic E-state index is 13.7. The highest BCUT2D eigenvalue weighted by Crippen LogP contribution is 2.32. The highest BCUT2D eigenvalue weighted by Gasteiger charge is 2.22. The monoisotopic (exact) mass is 429 g/mol. The fraction of sp³-hybridized carbons (Fsp3) is 0.154. The van der Waals surface area contributed by atoms with Gasteiger partial charge in [0.15, 0.2) is 22.9 Å². The van der Waals surface area contributed by atoms with Crippen LogP contribution in [0.3, 0.4) is 0 Å². The van der Waals surface area contributed by atoms with Crippen molar-refractivity contribution in [3.63, 3.8) is 0 Å². The predicted octanol–water partition coefficient (Wildman–Crippen LogP) is 5.67. The first kappa shape index (κ1) is 21.2. The SMILES string of the molecule is CCOc1ccccc1C=C(C(=O)c1ccc(OC)c(OC)c1)c1nc2ccccc2o1. The molecular weight excluding hydrogens is 406 g/mol. The molecule has 3 aromatic carbocycles. The van der Waals surface area contributed by atoms with Crippen molar-refractivity contribution in [1.29, 1.82) is 0 Å². The van der Waals surface area contributed by atoms with Crippen LogP contribution in [0.4, 0.5) is 0 Å². The summed E-state index contributed by atoms with van der Waals surface area (Å²) in [5.74, 6) is 1.65. The van der Waals surface area contributed by atoms with Gasteiger partial charge in [-0.25, -0.2) is 4.98 Å². The summed E-state index contributed by atoms with van der Waals surface area (Å²) in [6.45, 7) is 2.42. The van der Waals surface area contributed by atoms with Gasteiger partial charge in [-0.15, -0.1) is 0 Å². The quantitative estimate of drug-likeness (QED) is 0.266. The number of carbonyl (C=O) groups is 1. The molecule has 0 saturated carbocycles. The number of ketones is 1.